The Labute approximate surface area is 182 Å². The Balaban J connectivity index is 1.58. The van der Waals surface area contributed by atoms with Gasteiger partial charge < -0.3 is 20.1 Å². The van der Waals surface area contributed by atoms with Crippen LogP contribution in [0.5, 0.6) is 5.75 Å². The summed E-state index contributed by atoms with van der Waals surface area (Å²) in [5, 5.41) is 17.1. The Hall–Kier alpha value is -3.80. The van der Waals surface area contributed by atoms with Gasteiger partial charge in [0.25, 0.3) is 11.5 Å². The SMILES string of the molecule is COCCN1CCn2c1nc(C(=O)NCc1ccc(F)cc1-n1cnc(C)n1)c(O)c2=O. The standard InChI is InChI=1S/C20H22FN7O4/c1-12-23-11-28(25-12)15-9-14(21)4-3-13(15)10-22-18(30)16-17(29)19(31)27-6-5-26(7-8-32-2)20(27)24-16/h3-4,9,11,29H,5-8,10H2,1-2H3,(H,22,30). The first kappa shape index (κ1) is 21.4. The Morgan fingerprint density at radius 2 is 2.16 bits per heavy atom. The van der Waals surface area contributed by atoms with Crippen molar-refractivity contribution >= 4 is 11.9 Å². The number of hydrogen-bond acceptors (Lipinski definition) is 8. The first-order chi connectivity index (χ1) is 15.4. The number of hydrogen-bond donors (Lipinski definition) is 2. The molecule has 1 aromatic carbocycles. The van der Waals surface area contributed by atoms with Gasteiger partial charge >= 0.3 is 0 Å². The summed E-state index contributed by atoms with van der Waals surface area (Å²) in [6, 6.07) is 4.06. The Morgan fingerprint density at radius 1 is 1.34 bits per heavy atom. The lowest BCUT2D eigenvalue weighted by Gasteiger charge is -2.17. The van der Waals surface area contributed by atoms with Crippen molar-refractivity contribution in [1.82, 2.24) is 29.6 Å². The maximum atomic E-state index is 13.8. The smallest absolute Gasteiger partial charge is 0.298 e. The molecule has 1 aliphatic rings. The van der Waals surface area contributed by atoms with Crippen LogP contribution in [0.4, 0.5) is 10.3 Å². The Morgan fingerprint density at radius 3 is 2.88 bits per heavy atom. The monoisotopic (exact) mass is 443 g/mol. The van der Waals surface area contributed by atoms with Crippen LogP contribution in [-0.2, 0) is 17.8 Å². The number of rotatable bonds is 7. The third kappa shape index (κ3) is 4.04. The second-order valence-corrected chi connectivity index (χ2v) is 7.24. The highest BCUT2D eigenvalue weighted by Crippen LogP contribution is 2.21. The number of halogens is 1. The number of carbonyl (C=O) groups excluding carboxylic acids is 1. The number of anilines is 1. The highest BCUT2D eigenvalue weighted by atomic mass is 19.1. The molecule has 2 aromatic heterocycles. The molecular weight excluding hydrogens is 421 g/mol. The predicted octanol–water partition coefficient (Wildman–Crippen LogP) is 0.374. The molecule has 0 spiro atoms. The van der Waals surface area contributed by atoms with Crippen molar-refractivity contribution < 1.29 is 19.0 Å². The van der Waals surface area contributed by atoms with Crippen LogP contribution in [0.25, 0.3) is 5.69 Å². The topological polar surface area (TPSA) is 127 Å². The van der Waals surface area contributed by atoms with E-state index in [1.54, 1.807) is 14.0 Å². The fourth-order valence-electron chi connectivity index (χ4n) is 3.49. The number of nitrogens with zero attached hydrogens (tertiary/aromatic N) is 6. The molecule has 12 heteroatoms. The minimum absolute atomic E-state index is 0.0136. The third-order valence-corrected chi connectivity index (χ3v) is 5.12. The molecule has 4 rings (SSSR count). The summed E-state index contributed by atoms with van der Waals surface area (Å²) >= 11 is 0. The van der Waals surface area contributed by atoms with Crippen LogP contribution in [0.3, 0.4) is 0 Å². The van der Waals surface area contributed by atoms with E-state index in [4.69, 9.17) is 4.74 Å². The fourth-order valence-corrected chi connectivity index (χ4v) is 3.49. The quantitative estimate of drug-likeness (QED) is 0.536. The van der Waals surface area contributed by atoms with Gasteiger partial charge in [0, 0.05) is 33.3 Å². The van der Waals surface area contributed by atoms with Gasteiger partial charge in [0.15, 0.2) is 5.69 Å². The molecule has 0 saturated heterocycles. The number of carbonyl (C=O) groups is 1. The first-order valence-electron chi connectivity index (χ1n) is 9.92. The van der Waals surface area contributed by atoms with Crippen LogP contribution in [0.15, 0.2) is 29.3 Å². The molecule has 0 radical (unpaired) electrons. The zero-order valence-corrected chi connectivity index (χ0v) is 17.6. The number of ether oxygens (including phenoxy) is 1. The number of aromatic hydroxyl groups is 1. The van der Waals surface area contributed by atoms with Gasteiger partial charge in [-0.3, -0.25) is 14.2 Å². The normalized spacial score (nSPS) is 12.8. The van der Waals surface area contributed by atoms with Gasteiger partial charge in [-0.05, 0) is 24.6 Å². The average Bonchev–Trinajstić information content (AvgIpc) is 3.39. The molecule has 168 valence electrons. The van der Waals surface area contributed by atoms with Crippen LogP contribution in [0.1, 0.15) is 21.9 Å². The van der Waals surface area contributed by atoms with Crippen molar-refractivity contribution in [3.05, 3.63) is 57.8 Å². The molecular formula is C20H22FN7O4. The number of amides is 1. The highest BCUT2D eigenvalue weighted by molar-refractivity contribution is 5.95. The first-order valence-corrected chi connectivity index (χ1v) is 9.92. The average molecular weight is 443 g/mol. The molecule has 3 aromatic rings. The zero-order valence-electron chi connectivity index (χ0n) is 17.6. The molecule has 0 fully saturated rings. The summed E-state index contributed by atoms with van der Waals surface area (Å²) in [4.78, 5) is 35.4. The van der Waals surface area contributed by atoms with E-state index in [2.05, 4.69) is 20.4 Å². The van der Waals surface area contributed by atoms with E-state index in [1.807, 2.05) is 4.90 Å². The lowest BCUT2D eigenvalue weighted by Crippen LogP contribution is -2.31. The van der Waals surface area contributed by atoms with Crippen molar-refractivity contribution in [2.75, 3.05) is 31.7 Å². The summed E-state index contributed by atoms with van der Waals surface area (Å²) in [5.41, 5.74) is -0.0851. The van der Waals surface area contributed by atoms with Crippen LogP contribution in [0.2, 0.25) is 0 Å². The number of aryl methyl sites for hydroxylation is 1. The van der Waals surface area contributed by atoms with Crippen molar-refractivity contribution in [1.29, 1.82) is 0 Å². The summed E-state index contributed by atoms with van der Waals surface area (Å²) in [6.45, 7) is 3.48. The van der Waals surface area contributed by atoms with Crippen LogP contribution in [-0.4, -0.2) is 62.1 Å². The molecule has 11 nitrogen and oxygen atoms in total. The lowest BCUT2D eigenvalue weighted by atomic mass is 10.1. The minimum atomic E-state index is -0.730. The third-order valence-electron chi connectivity index (χ3n) is 5.12. The van der Waals surface area contributed by atoms with Crippen molar-refractivity contribution in [2.45, 2.75) is 20.0 Å². The molecule has 0 aliphatic carbocycles. The summed E-state index contributed by atoms with van der Waals surface area (Å²) in [5.74, 6) is -1.10. The highest BCUT2D eigenvalue weighted by Gasteiger charge is 2.28. The van der Waals surface area contributed by atoms with Crippen LogP contribution < -0.4 is 15.8 Å². The summed E-state index contributed by atoms with van der Waals surface area (Å²) in [7, 11) is 1.57. The molecule has 0 unspecified atom stereocenters. The summed E-state index contributed by atoms with van der Waals surface area (Å²) in [6.07, 6.45) is 1.44. The van der Waals surface area contributed by atoms with Gasteiger partial charge in [-0.2, -0.15) is 5.10 Å². The van der Waals surface area contributed by atoms with E-state index in [1.165, 1.54) is 33.8 Å². The van der Waals surface area contributed by atoms with Crippen LogP contribution >= 0.6 is 0 Å². The number of nitrogens with one attached hydrogen (secondary N) is 1. The Bertz CT molecular complexity index is 1220. The fraction of sp³-hybridized carbons (Fsp3) is 0.350. The molecule has 0 bridgehead atoms. The van der Waals surface area contributed by atoms with E-state index in [-0.39, 0.29) is 12.2 Å². The number of fused-ring (bicyclic) bond motifs is 1. The Kier molecular flexibility index (Phi) is 5.86. The maximum absolute atomic E-state index is 13.8. The predicted molar refractivity (Wildman–Crippen MR) is 111 cm³/mol. The summed E-state index contributed by atoms with van der Waals surface area (Å²) < 4.78 is 21.6. The van der Waals surface area contributed by atoms with E-state index in [0.29, 0.717) is 49.3 Å². The maximum Gasteiger partial charge on any atom is 0.298 e. The zero-order chi connectivity index (χ0) is 22.8. The van der Waals surface area contributed by atoms with Gasteiger partial charge in [-0.25, -0.2) is 19.0 Å². The minimum Gasteiger partial charge on any atom is -0.501 e. The van der Waals surface area contributed by atoms with Gasteiger partial charge in [0.05, 0.1) is 12.3 Å². The number of methoxy groups -OCH3 is 1. The molecule has 1 amide bonds. The number of benzene rings is 1. The molecule has 0 atom stereocenters. The van der Waals surface area contributed by atoms with Crippen molar-refractivity contribution in [3.63, 3.8) is 0 Å². The van der Waals surface area contributed by atoms with Gasteiger partial charge in [-0.15, -0.1) is 0 Å². The largest absolute Gasteiger partial charge is 0.501 e. The number of aromatic nitrogens is 5. The van der Waals surface area contributed by atoms with E-state index < -0.39 is 23.0 Å². The molecule has 2 N–H and O–H groups in total. The van der Waals surface area contributed by atoms with E-state index in [0.717, 1.165) is 0 Å². The lowest BCUT2D eigenvalue weighted by molar-refractivity contribution is 0.0942. The molecule has 1 aliphatic heterocycles. The van der Waals surface area contributed by atoms with Gasteiger partial charge in [0.2, 0.25) is 11.7 Å². The van der Waals surface area contributed by atoms with Crippen molar-refractivity contribution in [2.24, 2.45) is 0 Å². The molecule has 3 heterocycles. The van der Waals surface area contributed by atoms with Gasteiger partial charge in [-0.1, -0.05) is 6.07 Å². The van der Waals surface area contributed by atoms with E-state index in [9.17, 15) is 19.1 Å². The van der Waals surface area contributed by atoms with E-state index >= 15 is 0 Å². The molecule has 32 heavy (non-hydrogen) atoms. The second-order valence-electron chi connectivity index (χ2n) is 7.24. The van der Waals surface area contributed by atoms with Crippen LogP contribution in [0, 0.1) is 12.7 Å². The second kappa shape index (κ2) is 8.75. The van der Waals surface area contributed by atoms with Crippen molar-refractivity contribution in [3.8, 4) is 11.4 Å². The molecule has 0 saturated carbocycles. The van der Waals surface area contributed by atoms with Gasteiger partial charge in [0.1, 0.15) is 18.0 Å².